The minimum absolute atomic E-state index is 0.0520. The molecule has 0 saturated heterocycles. The molecule has 0 unspecified atom stereocenters. The molecule has 1 saturated carbocycles. The van der Waals surface area contributed by atoms with Crippen LogP contribution in [0.5, 0.6) is 5.75 Å². The maximum atomic E-state index is 12.6. The predicted molar refractivity (Wildman–Crippen MR) is 79.9 cm³/mol. The van der Waals surface area contributed by atoms with Crippen LogP contribution in [0.2, 0.25) is 0 Å². The van der Waals surface area contributed by atoms with E-state index in [0.29, 0.717) is 18.2 Å². The number of carbonyl (C=O) groups is 1. The molecule has 104 valence electrons. The first-order chi connectivity index (χ1) is 9.13. The first-order valence-electron chi connectivity index (χ1n) is 6.80. The summed E-state index contributed by atoms with van der Waals surface area (Å²) in [6.07, 6.45) is 4.53. The van der Waals surface area contributed by atoms with Gasteiger partial charge in [-0.2, -0.15) is 0 Å². The van der Waals surface area contributed by atoms with E-state index in [1.165, 1.54) is 12.8 Å². The third-order valence-corrected chi connectivity index (χ3v) is 4.09. The fraction of sp³-hybridized carbons (Fsp3) is 0.533. The minimum atomic E-state index is -0.0520. The second-order valence-corrected chi connectivity index (χ2v) is 5.94. The number of hydrogen-bond acceptors (Lipinski definition) is 2. The van der Waals surface area contributed by atoms with Crippen molar-refractivity contribution in [3.63, 3.8) is 0 Å². The third kappa shape index (κ3) is 3.30. The predicted octanol–water partition coefficient (Wildman–Crippen LogP) is 3.48. The lowest BCUT2D eigenvalue weighted by atomic mass is 10.1. The Morgan fingerprint density at radius 2 is 2.11 bits per heavy atom. The topological polar surface area (TPSA) is 40.5 Å². The molecule has 0 spiro atoms. The van der Waals surface area contributed by atoms with Crippen LogP contribution in [0.4, 0.5) is 0 Å². The second kappa shape index (κ2) is 6.42. The monoisotopic (exact) mass is 325 g/mol. The molecule has 1 aromatic carbocycles. The fourth-order valence-corrected chi connectivity index (χ4v) is 3.12. The molecule has 0 radical (unpaired) electrons. The number of phenolic OH excluding ortho intramolecular Hbond substituents is 1. The summed E-state index contributed by atoms with van der Waals surface area (Å²) in [6.45, 7) is 2.60. The lowest BCUT2D eigenvalue weighted by Crippen LogP contribution is -2.40. The maximum Gasteiger partial charge on any atom is 0.257 e. The van der Waals surface area contributed by atoms with Crippen molar-refractivity contribution in [3.8, 4) is 5.75 Å². The van der Waals surface area contributed by atoms with Gasteiger partial charge in [-0.15, -0.1) is 0 Å². The van der Waals surface area contributed by atoms with Gasteiger partial charge in [0.2, 0.25) is 0 Å². The zero-order valence-corrected chi connectivity index (χ0v) is 12.8. The zero-order valence-electron chi connectivity index (χ0n) is 11.2. The Hall–Kier alpha value is -1.03. The molecule has 0 bridgehead atoms. The highest BCUT2D eigenvalue weighted by Crippen LogP contribution is 2.27. The SMILES string of the molecule is Cc1ccc(C(=O)N(CCBr)C2CCCC2)c(O)c1. The number of benzene rings is 1. The van der Waals surface area contributed by atoms with Crippen molar-refractivity contribution < 1.29 is 9.90 Å². The number of hydrogen-bond donors (Lipinski definition) is 1. The molecule has 19 heavy (non-hydrogen) atoms. The van der Waals surface area contributed by atoms with Crippen LogP contribution in [-0.2, 0) is 0 Å². The van der Waals surface area contributed by atoms with Crippen LogP contribution >= 0.6 is 15.9 Å². The summed E-state index contributed by atoms with van der Waals surface area (Å²) in [7, 11) is 0. The Kier molecular flexibility index (Phi) is 4.86. The van der Waals surface area contributed by atoms with E-state index in [1.54, 1.807) is 12.1 Å². The molecule has 0 atom stereocenters. The molecule has 0 heterocycles. The summed E-state index contributed by atoms with van der Waals surface area (Å²) in [4.78, 5) is 14.5. The molecule has 1 aliphatic carbocycles. The van der Waals surface area contributed by atoms with E-state index in [1.807, 2.05) is 17.9 Å². The summed E-state index contributed by atoms with van der Waals surface area (Å²) < 4.78 is 0. The third-order valence-electron chi connectivity index (χ3n) is 3.74. The second-order valence-electron chi connectivity index (χ2n) is 5.15. The lowest BCUT2D eigenvalue weighted by Gasteiger charge is -2.28. The maximum absolute atomic E-state index is 12.6. The molecule has 1 N–H and O–H groups in total. The number of nitrogens with zero attached hydrogens (tertiary/aromatic N) is 1. The van der Waals surface area contributed by atoms with Crippen molar-refractivity contribution in [2.24, 2.45) is 0 Å². The van der Waals surface area contributed by atoms with Crippen LogP contribution < -0.4 is 0 Å². The van der Waals surface area contributed by atoms with E-state index in [9.17, 15) is 9.90 Å². The van der Waals surface area contributed by atoms with E-state index in [4.69, 9.17) is 0 Å². The Labute approximate surface area is 122 Å². The van der Waals surface area contributed by atoms with Crippen molar-refractivity contribution in [1.82, 2.24) is 4.90 Å². The first-order valence-corrected chi connectivity index (χ1v) is 7.92. The number of rotatable bonds is 4. The van der Waals surface area contributed by atoms with Gasteiger partial charge >= 0.3 is 0 Å². The largest absolute Gasteiger partial charge is 0.507 e. The molecule has 1 fully saturated rings. The van der Waals surface area contributed by atoms with Gasteiger partial charge < -0.3 is 10.0 Å². The highest BCUT2D eigenvalue weighted by molar-refractivity contribution is 9.09. The summed E-state index contributed by atoms with van der Waals surface area (Å²) >= 11 is 3.41. The number of aromatic hydroxyl groups is 1. The van der Waals surface area contributed by atoms with Gasteiger partial charge in [0.1, 0.15) is 5.75 Å². The van der Waals surface area contributed by atoms with E-state index in [-0.39, 0.29) is 11.7 Å². The molecule has 1 aliphatic rings. The normalized spacial score (nSPS) is 15.7. The molecule has 1 aromatic rings. The Balaban J connectivity index is 2.22. The van der Waals surface area contributed by atoms with E-state index in [0.717, 1.165) is 23.7 Å². The summed E-state index contributed by atoms with van der Waals surface area (Å²) in [5, 5.41) is 10.7. The quantitative estimate of drug-likeness (QED) is 0.861. The van der Waals surface area contributed by atoms with Crippen LogP contribution in [0.15, 0.2) is 18.2 Å². The van der Waals surface area contributed by atoms with Crippen molar-refractivity contribution in [2.75, 3.05) is 11.9 Å². The van der Waals surface area contributed by atoms with Crippen molar-refractivity contribution >= 4 is 21.8 Å². The molecule has 3 nitrogen and oxygen atoms in total. The van der Waals surface area contributed by atoms with Gasteiger partial charge in [0, 0.05) is 17.9 Å². The van der Waals surface area contributed by atoms with Gasteiger partial charge in [-0.1, -0.05) is 34.8 Å². The van der Waals surface area contributed by atoms with Crippen LogP contribution in [0.3, 0.4) is 0 Å². The zero-order chi connectivity index (χ0) is 13.8. The highest BCUT2D eigenvalue weighted by atomic mass is 79.9. The molecule has 0 aromatic heterocycles. The molecule has 1 amide bonds. The number of amides is 1. The number of aryl methyl sites for hydroxylation is 1. The summed E-state index contributed by atoms with van der Waals surface area (Å²) in [6, 6.07) is 5.57. The van der Waals surface area contributed by atoms with Crippen LogP contribution in [-0.4, -0.2) is 33.8 Å². The first kappa shape index (κ1) is 14.4. The average molecular weight is 326 g/mol. The summed E-state index contributed by atoms with van der Waals surface area (Å²) in [5.74, 6) is 0.0337. The molecular formula is C15H20BrNO2. The van der Waals surface area contributed by atoms with E-state index in [2.05, 4.69) is 15.9 Å². The van der Waals surface area contributed by atoms with Crippen molar-refractivity contribution in [3.05, 3.63) is 29.3 Å². The van der Waals surface area contributed by atoms with Gasteiger partial charge in [-0.25, -0.2) is 0 Å². The number of halogens is 1. The van der Waals surface area contributed by atoms with Crippen LogP contribution in [0.1, 0.15) is 41.6 Å². The Morgan fingerprint density at radius 1 is 1.42 bits per heavy atom. The van der Waals surface area contributed by atoms with E-state index >= 15 is 0 Å². The van der Waals surface area contributed by atoms with Crippen molar-refractivity contribution in [1.29, 1.82) is 0 Å². The summed E-state index contributed by atoms with van der Waals surface area (Å²) in [5.41, 5.74) is 1.38. The van der Waals surface area contributed by atoms with Crippen LogP contribution in [0, 0.1) is 6.92 Å². The fourth-order valence-electron chi connectivity index (χ4n) is 2.73. The van der Waals surface area contributed by atoms with Gasteiger partial charge in [-0.3, -0.25) is 4.79 Å². The lowest BCUT2D eigenvalue weighted by molar-refractivity contribution is 0.0693. The average Bonchev–Trinajstić information content (AvgIpc) is 2.89. The van der Waals surface area contributed by atoms with Crippen molar-refractivity contribution in [2.45, 2.75) is 38.6 Å². The molecular weight excluding hydrogens is 306 g/mol. The van der Waals surface area contributed by atoms with Crippen LogP contribution in [0.25, 0.3) is 0 Å². The van der Waals surface area contributed by atoms with Gasteiger partial charge in [0.25, 0.3) is 5.91 Å². The number of alkyl halides is 1. The standard InChI is InChI=1S/C15H20BrNO2/c1-11-6-7-13(14(18)10-11)15(19)17(9-8-16)12-4-2-3-5-12/h6-7,10,12,18H,2-5,8-9H2,1H3. The number of phenols is 1. The van der Waals surface area contributed by atoms with Gasteiger partial charge in [0.15, 0.2) is 0 Å². The molecule has 0 aliphatic heterocycles. The smallest absolute Gasteiger partial charge is 0.257 e. The van der Waals surface area contributed by atoms with E-state index < -0.39 is 0 Å². The molecule has 4 heteroatoms. The molecule has 2 rings (SSSR count). The van der Waals surface area contributed by atoms with Gasteiger partial charge in [-0.05, 0) is 37.5 Å². The minimum Gasteiger partial charge on any atom is -0.507 e. The number of carbonyl (C=O) groups excluding carboxylic acids is 1. The Bertz CT molecular complexity index is 455. The highest BCUT2D eigenvalue weighted by Gasteiger charge is 2.28. The Morgan fingerprint density at radius 3 is 2.68 bits per heavy atom. The van der Waals surface area contributed by atoms with Gasteiger partial charge in [0.05, 0.1) is 5.56 Å².